The highest BCUT2D eigenvalue weighted by Gasteiger charge is 2.11. The van der Waals surface area contributed by atoms with Crippen LogP contribution >= 0.6 is 0 Å². The van der Waals surface area contributed by atoms with E-state index in [1.54, 1.807) is 19.2 Å². The van der Waals surface area contributed by atoms with E-state index >= 15 is 0 Å². The number of nitro groups is 1. The molecule has 3 rings (SSSR count). The van der Waals surface area contributed by atoms with Crippen molar-refractivity contribution in [3.05, 3.63) is 94.0 Å². The summed E-state index contributed by atoms with van der Waals surface area (Å²) in [7, 11) is 1.63. The van der Waals surface area contributed by atoms with Gasteiger partial charge >= 0.3 is 0 Å². The summed E-state index contributed by atoms with van der Waals surface area (Å²) in [5.41, 5.74) is 3.03. The second-order valence-corrected chi connectivity index (χ2v) is 6.63. The van der Waals surface area contributed by atoms with Crippen molar-refractivity contribution in [2.75, 3.05) is 25.5 Å². The van der Waals surface area contributed by atoms with Crippen molar-refractivity contribution in [3.63, 3.8) is 0 Å². The first-order valence-electron chi connectivity index (χ1n) is 9.69. The van der Waals surface area contributed by atoms with Crippen LogP contribution < -0.4 is 20.1 Å². The quantitative estimate of drug-likeness (QED) is 0.279. The van der Waals surface area contributed by atoms with Crippen LogP contribution in [0.1, 0.15) is 11.1 Å². The largest absolute Gasteiger partial charge is 0.493 e. The lowest BCUT2D eigenvalue weighted by molar-refractivity contribution is -0.384. The Morgan fingerprint density at radius 1 is 0.933 bits per heavy atom. The monoisotopic (exact) mass is 407 g/mol. The Morgan fingerprint density at radius 2 is 1.70 bits per heavy atom. The molecule has 7 nitrogen and oxygen atoms in total. The zero-order valence-electron chi connectivity index (χ0n) is 16.8. The van der Waals surface area contributed by atoms with Crippen LogP contribution in [0.15, 0.2) is 72.8 Å². The minimum absolute atomic E-state index is 0.0831. The number of hydrogen-bond donors (Lipinski definition) is 2. The Balaban J connectivity index is 1.51. The molecule has 0 aromatic heterocycles. The minimum atomic E-state index is -0.406. The number of anilines is 1. The van der Waals surface area contributed by atoms with Gasteiger partial charge in [-0.1, -0.05) is 42.5 Å². The molecule has 0 saturated heterocycles. The van der Waals surface area contributed by atoms with E-state index < -0.39 is 4.92 Å². The van der Waals surface area contributed by atoms with Gasteiger partial charge in [-0.2, -0.15) is 0 Å². The van der Waals surface area contributed by atoms with E-state index in [9.17, 15) is 10.1 Å². The molecule has 0 bridgehead atoms. The van der Waals surface area contributed by atoms with Gasteiger partial charge in [-0.05, 0) is 23.8 Å². The third kappa shape index (κ3) is 5.96. The highest BCUT2D eigenvalue weighted by molar-refractivity contribution is 5.48. The Kier molecular flexibility index (Phi) is 7.63. The number of ether oxygens (including phenoxy) is 2. The second-order valence-electron chi connectivity index (χ2n) is 6.63. The van der Waals surface area contributed by atoms with E-state index in [4.69, 9.17) is 9.47 Å². The fraction of sp³-hybridized carbons (Fsp3) is 0.217. The molecular weight excluding hydrogens is 382 g/mol. The lowest BCUT2D eigenvalue weighted by Gasteiger charge is -2.16. The molecule has 7 heteroatoms. The first kappa shape index (κ1) is 21.1. The molecule has 0 radical (unpaired) electrons. The second kappa shape index (κ2) is 10.8. The summed E-state index contributed by atoms with van der Waals surface area (Å²) in [4.78, 5) is 10.3. The zero-order chi connectivity index (χ0) is 21.2. The Bertz CT molecular complexity index is 946. The van der Waals surface area contributed by atoms with Crippen molar-refractivity contribution >= 4 is 11.4 Å². The van der Waals surface area contributed by atoms with Crippen LogP contribution in [0.2, 0.25) is 0 Å². The Morgan fingerprint density at radius 3 is 2.40 bits per heavy atom. The van der Waals surface area contributed by atoms with Crippen molar-refractivity contribution in [1.82, 2.24) is 5.32 Å². The van der Waals surface area contributed by atoms with Gasteiger partial charge in [-0.25, -0.2) is 0 Å². The highest BCUT2D eigenvalue weighted by Crippen LogP contribution is 2.31. The Hall–Kier alpha value is -3.58. The first-order chi connectivity index (χ1) is 14.7. The summed E-state index contributed by atoms with van der Waals surface area (Å²) < 4.78 is 11.5. The van der Waals surface area contributed by atoms with E-state index in [-0.39, 0.29) is 5.69 Å². The lowest BCUT2D eigenvalue weighted by Crippen LogP contribution is -2.22. The van der Waals surface area contributed by atoms with Crippen molar-refractivity contribution in [2.24, 2.45) is 0 Å². The molecule has 30 heavy (non-hydrogen) atoms. The molecule has 156 valence electrons. The number of hydrogen-bond acceptors (Lipinski definition) is 6. The molecule has 3 aromatic carbocycles. The third-order valence-corrected chi connectivity index (χ3v) is 4.53. The SMILES string of the molecule is COc1cccc(CNCCNc2ccc([N+](=O)[O-])cc2)c1OCc1ccccc1. The summed E-state index contributed by atoms with van der Waals surface area (Å²) in [6.07, 6.45) is 0. The fourth-order valence-corrected chi connectivity index (χ4v) is 2.97. The van der Waals surface area contributed by atoms with Crippen LogP contribution in [0.25, 0.3) is 0 Å². The van der Waals surface area contributed by atoms with Gasteiger partial charge in [0, 0.05) is 43.0 Å². The fourth-order valence-electron chi connectivity index (χ4n) is 2.97. The molecule has 0 aliphatic rings. The number of nitrogens with one attached hydrogen (secondary N) is 2. The predicted molar refractivity (Wildman–Crippen MR) is 117 cm³/mol. The predicted octanol–water partition coefficient (Wildman–Crippen LogP) is 4.38. The molecule has 0 atom stereocenters. The van der Waals surface area contributed by atoms with Gasteiger partial charge in [0.05, 0.1) is 12.0 Å². The van der Waals surface area contributed by atoms with E-state index in [2.05, 4.69) is 10.6 Å². The van der Waals surface area contributed by atoms with E-state index in [0.29, 0.717) is 32.0 Å². The number of methoxy groups -OCH3 is 1. The van der Waals surface area contributed by atoms with E-state index in [1.807, 2.05) is 48.5 Å². The average molecular weight is 407 g/mol. The van der Waals surface area contributed by atoms with Gasteiger partial charge < -0.3 is 20.1 Å². The molecule has 0 saturated carbocycles. The first-order valence-corrected chi connectivity index (χ1v) is 9.69. The number of nitrogens with zero attached hydrogens (tertiary/aromatic N) is 1. The van der Waals surface area contributed by atoms with Gasteiger partial charge in [0.2, 0.25) is 0 Å². The van der Waals surface area contributed by atoms with Gasteiger partial charge in [0.1, 0.15) is 6.61 Å². The van der Waals surface area contributed by atoms with Gasteiger partial charge in [-0.15, -0.1) is 0 Å². The number of nitro benzene ring substituents is 1. The number of benzene rings is 3. The van der Waals surface area contributed by atoms with Crippen LogP contribution in [-0.4, -0.2) is 25.1 Å². The molecule has 0 amide bonds. The van der Waals surface area contributed by atoms with Crippen LogP contribution in [0.5, 0.6) is 11.5 Å². The summed E-state index contributed by atoms with van der Waals surface area (Å²) in [5, 5.41) is 17.3. The molecular formula is C23H25N3O4. The summed E-state index contributed by atoms with van der Waals surface area (Å²) >= 11 is 0. The number of non-ortho nitro benzene ring substituents is 1. The summed E-state index contributed by atoms with van der Waals surface area (Å²) in [6.45, 7) is 2.49. The maximum atomic E-state index is 10.7. The summed E-state index contributed by atoms with van der Waals surface area (Å²) in [6, 6.07) is 22.2. The smallest absolute Gasteiger partial charge is 0.269 e. The molecule has 0 aliphatic carbocycles. The molecule has 3 aromatic rings. The molecule has 0 unspecified atom stereocenters. The molecule has 0 spiro atoms. The lowest BCUT2D eigenvalue weighted by atomic mass is 10.1. The molecule has 0 heterocycles. The van der Waals surface area contributed by atoms with Crippen molar-refractivity contribution in [1.29, 1.82) is 0 Å². The van der Waals surface area contributed by atoms with Crippen LogP contribution in [-0.2, 0) is 13.2 Å². The maximum absolute atomic E-state index is 10.7. The topological polar surface area (TPSA) is 85.7 Å². The van der Waals surface area contributed by atoms with Crippen molar-refractivity contribution in [2.45, 2.75) is 13.2 Å². The summed E-state index contributed by atoms with van der Waals surface area (Å²) in [5.74, 6) is 1.44. The van der Waals surface area contributed by atoms with Gasteiger partial charge in [0.25, 0.3) is 5.69 Å². The molecule has 0 fully saturated rings. The number of para-hydroxylation sites is 1. The molecule has 2 N–H and O–H groups in total. The van der Waals surface area contributed by atoms with E-state index in [1.165, 1.54) is 12.1 Å². The standard InChI is InChI=1S/C23H25N3O4/c1-29-22-9-5-8-19(23(22)30-17-18-6-3-2-4-7-18)16-24-14-15-25-20-10-12-21(13-11-20)26(27)28/h2-13,24-25H,14-17H2,1H3. The number of rotatable bonds is 11. The third-order valence-electron chi connectivity index (χ3n) is 4.53. The van der Waals surface area contributed by atoms with Crippen LogP contribution in [0, 0.1) is 10.1 Å². The normalized spacial score (nSPS) is 10.4. The zero-order valence-corrected chi connectivity index (χ0v) is 16.8. The van der Waals surface area contributed by atoms with Crippen LogP contribution in [0.3, 0.4) is 0 Å². The Labute approximate surface area is 175 Å². The van der Waals surface area contributed by atoms with E-state index in [0.717, 1.165) is 22.6 Å². The van der Waals surface area contributed by atoms with Gasteiger partial charge in [0.15, 0.2) is 11.5 Å². The van der Waals surface area contributed by atoms with Crippen molar-refractivity contribution < 1.29 is 14.4 Å². The van der Waals surface area contributed by atoms with Crippen LogP contribution in [0.4, 0.5) is 11.4 Å². The average Bonchev–Trinajstić information content (AvgIpc) is 2.78. The van der Waals surface area contributed by atoms with Crippen molar-refractivity contribution in [3.8, 4) is 11.5 Å². The van der Waals surface area contributed by atoms with Gasteiger partial charge in [-0.3, -0.25) is 10.1 Å². The minimum Gasteiger partial charge on any atom is -0.493 e. The highest BCUT2D eigenvalue weighted by atomic mass is 16.6. The maximum Gasteiger partial charge on any atom is 0.269 e. The molecule has 0 aliphatic heterocycles.